The van der Waals surface area contributed by atoms with Crippen LogP contribution in [-0.4, -0.2) is 10.8 Å². The Morgan fingerprint density at radius 3 is 2.37 bits per heavy atom. The quantitative estimate of drug-likeness (QED) is 0.165. The molecular formula is C36H32N2. The lowest BCUT2D eigenvalue weighted by Gasteiger charge is -2.11. The van der Waals surface area contributed by atoms with Crippen LogP contribution >= 0.6 is 0 Å². The highest BCUT2D eigenvalue weighted by Crippen LogP contribution is 2.38. The Hall–Kier alpha value is -4.69. The number of nitrogens with one attached hydrogen (secondary N) is 1. The van der Waals surface area contributed by atoms with Crippen LogP contribution in [0.25, 0.3) is 49.4 Å². The van der Waals surface area contributed by atoms with Crippen molar-refractivity contribution in [3.05, 3.63) is 139 Å². The van der Waals surface area contributed by atoms with Crippen LogP contribution in [0.1, 0.15) is 31.4 Å². The van der Waals surface area contributed by atoms with Crippen molar-refractivity contribution in [3.8, 4) is 5.69 Å². The van der Waals surface area contributed by atoms with Gasteiger partial charge in [0.1, 0.15) is 0 Å². The van der Waals surface area contributed by atoms with Gasteiger partial charge in [0.15, 0.2) is 0 Å². The van der Waals surface area contributed by atoms with Crippen molar-refractivity contribution >= 4 is 49.9 Å². The Morgan fingerprint density at radius 1 is 0.895 bits per heavy atom. The summed E-state index contributed by atoms with van der Waals surface area (Å²) >= 11 is 0. The van der Waals surface area contributed by atoms with Crippen molar-refractivity contribution in [1.82, 2.24) is 4.57 Å². The topological polar surface area (TPSA) is 28.8 Å². The van der Waals surface area contributed by atoms with E-state index in [0.29, 0.717) is 0 Å². The number of aromatic nitrogens is 1. The van der Waals surface area contributed by atoms with Crippen LogP contribution in [0.5, 0.6) is 0 Å². The van der Waals surface area contributed by atoms with Crippen LogP contribution in [0.15, 0.2) is 128 Å². The predicted octanol–water partition coefficient (Wildman–Crippen LogP) is 10.1. The van der Waals surface area contributed by atoms with E-state index in [1.54, 1.807) is 6.08 Å². The minimum atomic E-state index is 0.752. The Kier molecular flexibility index (Phi) is 7.06. The van der Waals surface area contributed by atoms with E-state index < -0.39 is 0 Å². The SMILES string of the molecule is C=C/C(=C\C)c1ccc2c(ccc3c4ccc(/C(C)=C/CC(=C)/C=C\C=N)cc4n(-c4ccccc4)c23)c1. The van der Waals surface area contributed by atoms with Crippen molar-refractivity contribution in [2.24, 2.45) is 0 Å². The molecule has 0 bridgehead atoms. The fraction of sp³-hybridized carbons (Fsp3) is 0.0833. The zero-order valence-electron chi connectivity index (χ0n) is 22.0. The maximum absolute atomic E-state index is 7.18. The maximum atomic E-state index is 7.18. The second kappa shape index (κ2) is 10.7. The van der Waals surface area contributed by atoms with Gasteiger partial charge in [-0.1, -0.05) is 97.6 Å². The van der Waals surface area contributed by atoms with Crippen molar-refractivity contribution in [2.45, 2.75) is 20.3 Å². The minimum absolute atomic E-state index is 0.752. The third-order valence-electron chi connectivity index (χ3n) is 7.18. The fourth-order valence-corrected chi connectivity index (χ4v) is 5.16. The number of allylic oxidation sites excluding steroid dienone is 8. The third-order valence-corrected chi connectivity index (χ3v) is 7.18. The highest BCUT2D eigenvalue weighted by atomic mass is 15.0. The molecule has 0 saturated heterocycles. The monoisotopic (exact) mass is 492 g/mol. The smallest absolute Gasteiger partial charge is 0.0619 e. The predicted molar refractivity (Wildman–Crippen MR) is 167 cm³/mol. The van der Waals surface area contributed by atoms with Gasteiger partial charge in [0, 0.05) is 28.1 Å². The van der Waals surface area contributed by atoms with Gasteiger partial charge in [-0.05, 0) is 78.3 Å². The summed E-state index contributed by atoms with van der Waals surface area (Å²) in [7, 11) is 0. The molecule has 2 heteroatoms. The van der Waals surface area contributed by atoms with E-state index in [0.717, 1.165) is 23.3 Å². The molecule has 0 spiro atoms. The lowest BCUT2D eigenvalue weighted by Crippen LogP contribution is -1.95. The van der Waals surface area contributed by atoms with Gasteiger partial charge in [-0.25, -0.2) is 0 Å². The second-order valence-corrected chi connectivity index (χ2v) is 9.52. The normalized spacial score (nSPS) is 12.6. The molecule has 0 aliphatic rings. The van der Waals surface area contributed by atoms with Crippen molar-refractivity contribution in [3.63, 3.8) is 0 Å². The largest absolute Gasteiger partial charge is 0.309 e. The van der Waals surface area contributed by atoms with Gasteiger partial charge in [-0.2, -0.15) is 0 Å². The first-order valence-corrected chi connectivity index (χ1v) is 12.9. The van der Waals surface area contributed by atoms with Crippen molar-refractivity contribution in [1.29, 1.82) is 5.41 Å². The number of fused-ring (bicyclic) bond motifs is 5. The van der Waals surface area contributed by atoms with Gasteiger partial charge in [0.2, 0.25) is 0 Å². The molecule has 1 heterocycles. The van der Waals surface area contributed by atoms with Gasteiger partial charge in [0.05, 0.1) is 11.0 Å². The van der Waals surface area contributed by atoms with Gasteiger partial charge in [0.25, 0.3) is 0 Å². The summed E-state index contributed by atoms with van der Waals surface area (Å²) in [6.45, 7) is 12.3. The van der Waals surface area contributed by atoms with Gasteiger partial charge >= 0.3 is 0 Å². The molecule has 0 aliphatic heterocycles. The summed E-state index contributed by atoms with van der Waals surface area (Å²) in [6, 6.07) is 28.6. The zero-order valence-corrected chi connectivity index (χ0v) is 22.0. The number of para-hydroxylation sites is 1. The average molecular weight is 493 g/mol. The molecule has 0 unspecified atom stereocenters. The molecule has 2 nitrogen and oxygen atoms in total. The Balaban J connectivity index is 1.75. The molecule has 5 rings (SSSR count). The van der Waals surface area contributed by atoms with Gasteiger partial charge in [-0.15, -0.1) is 0 Å². The summed E-state index contributed by atoms with van der Waals surface area (Å²) in [5, 5.41) is 12.1. The zero-order chi connectivity index (χ0) is 26.6. The standard InChI is InChI=1S/C36H32N2/c1-5-27(6-2)29-17-19-32-30(23-29)18-21-34-33-20-16-28(26(4)15-14-25(3)11-10-22-37)24-35(33)38(36(32)34)31-12-8-7-9-13-31/h5-13,15-24,37H,1,3,14H2,2,4H3/b11-10-,26-15+,27-6+,37-22?. The molecule has 0 aliphatic carbocycles. The molecule has 1 N–H and O–H groups in total. The highest BCUT2D eigenvalue weighted by molar-refractivity contribution is 6.19. The lowest BCUT2D eigenvalue weighted by atomic mass is 9.99. The molecule has 0 atom stereocenters. The minimum Gasteiger partial charge on any atom is -0.309 e. The molecule has 1 aromatic heterocycles. The number of hydrogen-bond donors (Lipinski definition) is 1. The lowest BCUT2D eigenvalue weighted by molar-refractivity contribution is 1.18. The summed E-state index contributed by atoms with van der Waals surface area (Å²) in [5.41, 5.74) is 9.26. The molecule has 186 valence electrons. The molecule has 0 radical (unpaired) electrons. The number of nitrogens with zero attached hydrogens (tertiary/aromatic N) is 1. The van der Waals surface area contributed by atoms with Crippen LogP contribution in [0.2, 0.25) is 0 Å². The maximum Gasteiger partial charge on any atom is 0.0619 e. The summed E-state index contributed by atoms with van der Waals surface area (Å²) < 4.78 is 2.40. The van der Waals surface area contributed by atoms with Crippen molar-refractivity contribution < 1.29 is 0 Å². The Bertz CT molecular complexity index is 1790. The van der Waals surface area contributed by atoms with Crippen LogP contribution in [0.4, 0.5) is 0 Å². The number of benzene rings is 4. The van der Waals surface area contributed by atoms with Crippen LogP contribution in [0, 0.1) is 5.41 Å². The van der Waals surface area contributed by atoms with Crippen LogP contribution < -0.4 is 0 Å². The third kappa shape index (κ3) is 4.57. The van der Waals surface area contributed by atoms with E-state index in [-0.39, 0.29) is 0 Å². The Labute approximate surface area is 224 Å². The molecule has 0 saturated carbocycles. The molecule has 38 heavy (non-hydrogen) atoms. The van der Waals surface area contributed by atoms with E-state index >= 15 is 0 Å². The van der Waals surface area contributed by atoms with E-state index in [1.165, 1.54) is 55.5 Å². The van der Waals surface area contributed by atoms with Crippen molar-refractivity contribution in [2.75, 3.05) is 0 Å². The molecule has 0 fully saturated rings. The molecule has 0 amide bonds. The first kappa shape index (κ1) is 25.0. The first-order valence-electron chi connectivity index (χ1n) is 12.9. The summed E-state index contributed by atoms with van der Waals surface area (Å²) in [5.74, 6) is 0. The number of rotatable bonds is 8. The fourth-order valence-electron chi connectivity index (χ4n) is 5.16. The molecular weight excluding hydrogens is 460 g/mol. The second-order valence-electron chi connectivity index (χ2n) is 9.52. The van der Waals surface area contributed by atoms with Crippen LogP contribution in [-0.2, 0) is 0 Å². The average Bonchev–Trinajstić information content (AvgIpc) is 3.29. The van der Waals surface area contributed by atoms with E-state index in [2.05, 4.69) is 123 Å². The van der Waals surface area contributed by atoms with Gasteiger partial charge < -0.3 is 9.98 Å². The first-order chi connectivity index (χ1) is 18.5. The summed E-state index contributed by atoms with van der Waals surface area (Å²) in [4.78, 5) is 0. The Morgan fingerprint density at radius 2 is 1.63 bits per heavy atom. The highest BCUT2D eigenvalue weighted by Gasteiger charge is 2.16. The summed E-state index contributed by atoms with van der Waals surface area (Å²) in [6.07, 6.45) is 11.9. The van der Waals surface area contributed by atoms with E-state index in [9.17, 15) is 0 Å². The van der Waals surface area contributed by atoms with Gasteiger partial charge in [-0.3, -0.25) is 0 Å². The van der Waals surface area contributed by atoms with Crippen LogP contribution in [0.3, 0.4) is 0 Å². The molecule has 4 aromatic carbocycles. The van der Waals surface area contributed by atoms with E-state index in [4.69, 9.17) is 5.41 Å². The molecule has 5 aromatic rings. The van der Waals surface area contributed by atoms with E-state index in [1.807, 2.05) is 12.2 Å². The number of hydrogen-bond acceptors (Lipinski definition) is 1.